The Balaban J connectivity index is 3.14. The van der Waals surface area contributed by atoms with Gasteiger partial charge in [-0.3, -0.25) is 10.1 Å². The smallest absolute Gasteiger partial charge is 0.312 e. The van der Waals surface area contributed by atoms with Crippen molar-refractivity contribution in [1.29, 1.82) is 0 Å². The van der Waals surface area contributed by atoms with Gasteiger partial charge in [-0.25, -0.2) is 5.01 Å². The topological polar surface area (TPSA) is 58.4 Å². The predicted molar refractivity (Wildman–Crippen MR) is 55.4 cm³/mol. The fraction of sp³-hybridized carbons (Fsp3) is 0.250. The highest BCUT2D eigenvalue weighted by Crippen LogP contribution is 2.32. The number of halogens is 1. The van der Waals surface area contributed by atoms with Crippen LogP contribution < -0.4 is 5.43 Å². The molecule has 0 radical (unpaired) electrons. The Labute approximate surface area is 86.4 Å². The van der Waals surface area contributed by atoms with Crippen molar-refractivity contribution in [1.82, 2.24) is 5.01 Å². The van der Waals surface area contributed by atoms with Crippen molar-refractivity contribution in [3.63, 3.8) is 0 Å². The van der Waals surface area contributed by atoms with E-state index in [9.17, 15) is 10.1 Å². The molecule has 0 saturated carbocycles. The second-order valence-corrected chi connectivity index (χ2v) is 3.31. The molecule has 0 bridgehead atoms. The Morgan fingerprint density at radius 2 is 2.14 bits per heavy atom. The van der Waals surface area contributed by atoms with Crippen LogP contribution in [0, 0.1) is 10.1 Å². The molecule has 76 valence electrons. The first kappa shape index (κ1) is 10.7. The van der Waals surface area contributed by atoms with Crippen LogP contribution in [-0.2, 0) is 0 Å². The number of nitro groups is 1. The van der Waals surface area contributed by atoms with Gasteiger partial charge in [0.05, 0.1) is 4.92 Å². The molecule has 0 unspecified atom stereocenters. The van der Waals surface area contributed by atoms with Crippen LogP contribution in [0.15, 0.2) is 18.2 Å². The van der Waals surface area contributed by atoms with Gasteiger partial charge >= 0.3 is 5.69 Å². The summed E-state index contributed by atoms with van der Waals surface area (Å²) in [5.74, 6) is 0. The van der Waals surface area contributed by atoms with Crippen LogP contribution in [0.5, 0.6) is 0 Å². The van der Waals surface area contributed by atoms with Crippen molar-refractivity contribution in [2.75, 3.05) is 19.5 Å². The van der Waals surface area contributed by atoms with E-state index in [0.717, 1.165) is 0 Å². The van der Waals surface area contributed by atoms with Crippen molar-refractivity contribution in [3.8, 4) is 0 Å². The summed E-state index contributed by atoms with van der Waals surface area (Å²) in [6, 6.07) is 4.74. The minimum atomic E-state index is -0.506. The molecular weight excluding hydrogens is 206 g/mol. The molecule has 6 heteroatoms. The molecule has 5 nitrogen and oxygen atoms in total. The fourth-order valence-corrected chi connectivity index (χ4v) is 1.28. The van der Waals surface area contributed by atoms with Gasteiger partial charge in [-0.15, -0.1) is 0 Å². The standard InChI is InChI=1S/C8H10ClN3O2/c1-11(2)10-7-5-3-4-6(9)8(7)12(13)14/h3-5,10H,1-2H3. The summed E-state index contributed by atoms with van der Waals surface area (Å²) < 4.78 is 0. The molecule has 1 rings (SSSR count). The van der Waals surface area contributed by atoms with Gasteiger partial charge in [0.15, 0.2) is 0 Å². The van der Waals surface area contributed by atoms with E-state index in [0.29, 0.717) is 5.69 Å². The number of rotatable bonds is 3. The highest BCUT2D eigenvalue weighted by molar-refractivity contribution is 6.33. The lowest BCUT2D eigenvalue weighted by Gasteiger charge is -2.13. The molecule has 0 aliphatic carbocycles. The maximum atomic E-state index is 10.7. The van der Waals surface area contributed by atoms with Crippen LogP contribution >= 0.6 is 11.6 Å². The fourth-order valence-electron chi connectivity index (χ4n) is 1.03. The monoisotopic (exact) mass is 215 g/mol. The van der Waals surface area contributed by atoms with Crippen molar-refractivity contribution < 1.29 is 4.92 Å². The SMILES string of the molecule is CN(C)Nc1cccc(Cl)c1[N+](=O)[O-]. The molecule has 1 N–H and O–H groups in total. The van der Waals surface area contributed by atoms with E-state index >= 15 is 0 Å². The minimum absolute atomic E-state index is 0.108. The van der Waals surface area contributed by atoms with E-state index in [4.69, 9.17) is 11.6 Å². The quantitative estimate of drug-likeness (QED) is 0.620. The third kappa shape index (κ3) is 2.34. The number of nitrogens with one attached hydrogen (secondary N) is 1. The number of nitrogens with zero attached hydrogens (tertiary/aromatic N) is 2. The zero-order valence-electron chi connectivity index (χ0n) is 7.82. The first-order valence-corrected chi connectivity index (χ1v) is 4.27. The molecule has 0 aliphatic rings. The maximum Gasteiger partial charge on any atom is 0.312 e. The molecule has 0 aliphatic heterocycles. The van der Waals surface area contributed by atoms with Crippen molar-refractivity contribution in [2.45, 2.75) is 0 Å². The summed E-state index contributed by atoms with van der Waals surface area (Å²) in [5.41, 5.74) is 3.08. The van der Waals surface area contributed by atoms with Gasteiger partial charge in [0.2, 0.25) is 0 Å². The van der Waals surface area contributed by atoms with E-state index in [1.54, 1.807) is 31.2 Å². The maximum absolute atomic E-state index is 10.7. The van der Waals surface area contributed by atoms with Crippen LogP contribution in [0.2, 0.25) is 5.02 Å². The van der Waals surface area contributed by atoms with Gasteiger partial charge in [0.25, 0.3) is 0 Å². The van der Waals surface area contributed by atoms with E-state index in [-0.39, 0.29) is 10.7 Å². The lowest BCUT2D eigenvalue weighted by molar-refractivity contribution is -0.383. The molecule has 0 spiro atoms. The molecule has 0 saturated heterocycles. The lowest BCUT2D eigenvalue weighted by atomic mass is 10.3. The number of anilines is 1. The molecule has 0 aromatic heterocycles. The highest BCUT2D eigenvalue weighted by atomic mass is 35.5. The normalized spacial score (nSPS) is 10.3. The Kier molecular flexibility index (Phi) is 3.27. The van der Waals surface area contributed by atoms with Crippen LogP contribution in [0.25, 0.3) is 0 Å². The molecule has 0 atom stereocenters. The average molecular weight is 216 g/mol. The molecule has 1 aromatic carbocycles. The van der Waals surface area contributed by atoms with Crippen molar-refractivity contribution in [3.05, 3.63) is 33.3 Å². The third-order valence-electron chi connectivity index (χ3n) is 1.51. The van der Waals surface area contributed by atoms with Crippen molar-refractivity contribution in [2.24, 2.45) is 0 Å². The van der Waals surface area contributed by atoms with Crippen LogP contribution in [0.1, 0.15) is 0 Å². The zero-order valence-corrected chi connectivity index (χ0v) is 8.58. The van der Waals surface area contributed by atoms with Gasteiger partial charge in [0.1, 0.15) is 10.7 Å². The Hall–Kier alpha value is -1.33. The van der Waals surface area contributed by atoms with Crippen LogP contribution in [0.3, 0.4) is 0 Å². The largest absolute Gasteiger partial charge is 0.313 e. The molecule has 0 fully saturated rings. The molecule has 1 aromatic rings. The second kappa shape index (κ2) is 4.26. The average Bonchev–Trinajstić information content (AvgIpc) is 2.01. The van der Waals surface area contributed by atoms with E-state index in [1.807, 2.05) is 0 Å². The number of hydrazine groups is 1. The molecule has 0 heterocycles. The summed E-state index contributed by atoms with van der Waals surface area (Å²) in [6.45, 7) is 0. The third-order valence-corrected chi connectivity index (χ3v) is 1.82. The lowest BCUT2D eigenvalue weighted by Crippen LogP contribution is -2.20. The molecule has 14 heavy (non-hydrogen) atoms. The van der Waals surface area contributed by atoms with Gasteiger partial charge in [-0.2, -0.15) is 0 Å². The summed E-state index contributed by atoms with van der Waals surface area (Å²) in [5, 5.41) is 12.4. The Bertz CT molecular complexity index is 354. The molecule has 0 amide bonds. The summed E-state index contributed by atoms with van der Waals surface area (Å²) in [6.07, 6.45) is 0. The minimum Gasteiger partial charge on any atom is -0.313 e. The van der Waals surface area contributed by atoms with Gasteiger partial charge < -0.3 is 5.43 Å². The van der Waals surface area contributed by atoms with E-state index in [2.05, 4.69) is 5.43 Å². The Morgan fingerprint density at radius 1 is 1.50 bits per heavy atom. The first-order chi connectivity index (χ1) is 6.52. The van der Waals surface area contributed by atoms with Gasteiger partial charge in [-0.1, -0.05) is 17.7 Å². The Morgan fingerprint density at radius 3 is 2.64 bits per heavy atom. The summed E-state index contributed by atoms with van der Waals surface area (Å²) in [7, 11) is 3.48. The molecular formula is C8H10ClN3O2. The number of hydrogen-bond donors (Lipinski definition) is 1. The number of hydrogen-bond acceptors (Lipinski definition) is 4. The number of para-hydroxylation sites is 1. The second-order valence-electron chi connectivity index (χ2n) is 2.90. The highest BCUT2D eigenvalue weighted by Gasteiger charge is 2.18. The summed E-state index contributed by atoms with van der Waals surface area (Å²) in [4.78, 5) is 10.2. The van der Waals surface area contributed by atoms with Gasteiger partial charge in [0, 0.05) is 14.1 Å². The number of benzene rings is 1. The van der Waals surface area contributed by atoms with Crippen molar-refractivity contribution >= 4 is 23.0 Å². The van der Waals surface area contributed by atoms with Crippen LogP contribution in [0.4, 0.5) is 11.4 Å². The predicted octanol–water partition coefficient (Wildman–Crippen LogP) is 2.14. The van der Waals surface area contributed by atoms with E-state index < -0.39 is 4.92 Å². The van der Waals surface area contributed by atoms with Gasteiger partial charge in [-0.05, 0) is 12.1 Å². The number of nitro benzene ring substituents is 1. The van der Waals surface area contributed by atoms with Crippen LogP contribution in [-0.4, -0.2) is 24.0 Å². The zero-order chi connectivity index (χ0) is 10.7. The van der Waals surface area contributed by atoms with E-state index in [1.165, 1.54) is 6.07 Å². The first-order valence-electron chi connectivity index (χ1n) is 3.89. The summed E-state index contributed by atoms with van der Waals surface area (Å²) >= 11 is 5.71.